The summed E-state index contributed by atoms with van der Waals surface area (Å²) in [6.07, 6.45) is 1.54. The molecule has 140 valence electrons. The minimum atomic E-state index is -0.949. The Kier molecular flexibility index (Phi) is 5.06. The van der Waals surface area contributed by atoms with Crippen LogP contribution in [0, 0.1) is 14.1 Å². The Morgan fingerprint density at radius 2 is 2.19 bits per heavy atom. The number of allylic oxidation sites excluding steroid dienone is 1. The number of aromatic hydroxyl groups is 1. The number of rotatable bonds is 6. The second-order valence-electron chi connectivity index (χ2n) is 5.58. The van der Waals surface area contributed by atoms with Crippen LogP contribution in [0.3, 0.4) is 0 Å². The molecule has 27 heavy (non-hydrogen) atoms. The Morgan fingerprint density at radius 3 is 2.85 bits per heavy atom. The number of carbonyl (C=O) groups is 2. The molecule has 9 nitrogen and oxygen atoms in total. The molecule has 0 bridgehead atoms. The van der Waals surface area contributed by atoms with E-state index >= 15 is 0 Å². The maximum atomic E-state index is 12.4. The molecular weight excluding hydrogens is 396 g/mol. The van der Waals surface area contributed by atoms with E-state index in [4.69, 9.17) is 22.1 Å². The van der Waals surface area contributed by atoms with Crippen LogP contribution in [-0.2, 0) is 11.3 Å². The van der Waals surface area contributed by atoms with Crippen molar-refractivity contribution in [1.29, 1.82) is 0 Å². The zero-order valence-corrected chi connectivity index (χ0v) is 15.2. The van der Waals surface area contributed by atoms with Gasteiger partial charge in [0, 0.05) is 31.2 Å². The molecule has 1 aliphatic rings. The Morgan fingerprint density at radius 1 is 1.44 bits per heavy atom. The molecule has 1 aliphatic heterocycles. The SMILES string of the molecule is O=C(O)CCCn1c(O)c(C=C2Oc3ccc([N+](=O)[O-])cc3C2=O)sc1=S. The number of ketones is 1. The first-order valence-corrected chi connectivity index (χ1v) is 8.87. The maximum absolute atomic E-state index is 12.4. The Labute approximate surface area is 160 Å². The largest absolute Gasteiger partial charge is 0.493 e. The summed E-state index contributed by atoms with van der Waals surface area (Å²) < 4.78 is 7.14. The van der Waals surface area contributed by atoms with E-state index in [-0.39, 0.29) is 52.9 Å². The lowest BCUT2D eigenvalue weighted by molar-refractivity contribution is -0.384. The van der Waals surface area contributed by atoms with Gasteiger partial charge in [-0.05, 0) is 24.7 Å². The van der Waals surface area contributed by atoms with Crippen LogP contribution in [-0.4, -0.2) is 31.5 Å². The van der Waals surface area contributed by atoms with Crippen LogP contribution in [0.2, 0.25) is 0 Å². The Hall–Kier alpha value is -3.05. The molecule has 0 atom stereocenters. The third-order valence-electron chi connectivity index (χ3n) is 3.79. The first-order chi connectivity index (χ1) is 12.8. The summed E-state index contributed by atoms with van der Waals surface area (Å²) in [6.45, 7) is 0.220. The number of hydrogen-bond acceptors (Lipinski definition) is 8. The van der Waals surface area contributed by atoms with Gasteiger partial charge in [-0.3, -0.25) is 24.3 Å². The highest BCUT2D eigenvalue weighted by Crippen LogP contribution is 2.36. The molecule has 1 aromatic heterocycles. The first-order valence-electron chi connectivity index (χ1n) is 7.65. The van der Waals surface area contributed by atoms with E-state index in [0.717, 1.165) is 17.4 Å². The van der Waals surface area contributed by atoms with E-state index in [0.29, 0.717) is 3.95 Å². The summed E-state index contributed by atoms with van der Waals surface area (Å²) in [5.41, 5.74) is -0.158. The van der Waals surface area contributed by atoms with E-state index in [1.165, 1.54) is 22.8 Å². The average Bonchev–Trinajstić information content (AvgIpc) is 3.05. The average molecular weight is 408 g/mol. The van der Waals surface area contributed by atoms with Crippen LogP contribution < -0.4 is 4.74 Å². The normalized spacial score (nSPS) is 14.2. The number of fused-ring (bicyclic) bond motifs is 1. The van der Waals surface area contributed by atoms with Crippen molar-refractivity contribution in [3.05, 3.63) is 48.5 Å². The molecule has 0 spiro atoms. The predicted molar refractivity (Wildman–Crippen MR) is 97.7 cm³/mol. The fourth-order valence-electron chi connectivity index (χ4n) is 2.50. The number of carbonyl (C=O) groups excluding carboxylic acids is 1. The topological polar surface area (TPSA) is 132 Å². The predicted octanol–water partition coefficient (Wildman–Crippen LogP) is 3.37. The van der Waals surface area contributed by atoms with Gasteiger partial charge in [-0.2, -0.15) is 0 Å². The third kappa shape index (κ3) is 3.73. The number of hydrogen-bond donors (Lipinski definition) is 2. The van der Waals surface area contributed by atoms with Crippen molar-refractivity contribution < 1.29 is 29.5 Å². The molecular formula is C16H12N2O7S2. The van der Waals surface area contributed by atoms with Gasteiger partial charge in [-0.1, -0.05) is 0 Å². The molecule has 2 aromatic rings. The van der Waals surface area contributed by atoms with Gasteiger partial charge in [0.05, 0.1) is 15.4 Å². The van der Waals surface area contributed by atoms with Crippen LogP contribution in [0.15, 0.2) is 24.0 Å². The minimum Gasteiger partial charge on any atom is -0.493 e. The fourth-order valence-corrected chi connectivity index (χ4v) is 3.79. The lowest BCUT2D eigenvalue weighted by Gasteiger charge is -2.03. The van der Waals surface area contributed by atoms with Crippen LogP contribution in [0.4, 0.5) is 5.69 Å². The molecule has 0 aliphatic carbocycles. The lowest BCUT2D eigenvalue weighted by Crippen LogP contribution is -2.01. The van der Waals surface area contributed by atoms with Crippen molar-refractivity contribution in [2.45, 2.75) is 19.4 Å². The number of ether oxygens (including phenoxy) is 1. The first kappa shape index (κ1) is 18.7. The van der Waals surface area contributed by atoms with Gasteiger partial charge in [0.25, 0.3) is 5.69 Å². The second-order valence-corrected chi connectivity index (χ2v) is 7.26. The molecule has 11 heteroatoms. The summed E-state index contributed by atoms with van der Waals surface area (Å²) in [6, 6.07) is 3.71. The molecule has 0 fully saturated rings. The molecule has 3 rings (SSSR count). The van der Waals surface area contributed by atoms with Gasteiger partial charge in [0.1, 0.15) is 5.75 Å². The molecule has 0 unspecified atom stereocenters. The molecule has 0 saturated carbocycles. The summed E-state index contributed by atoms with van der Waals surface area (Å²) >= 11 is 6.21. The number of benzene rings is 1. The summed E-state index contributed by atoms with van der Waals surface area (Å²) in [7, 11) is 0. The Balaban J connectivity index is 1.87. The van der Waals surface area contributed by atoms with Crippen LogP contribution in [0.5, 0.6) is 11.6 Å². The van der Waals surface area contributed by atoms with Gasteiger partial charge in [0.15, 0.2) is 9.71 Å². The number of carboxylic acids is 1. The summed E-state index contributed by atoms with van der Waals surface area (Å²) in [5, 5.41) is 29.9. The molecule has 2 heterocycles. The van der Waals surface area contributed by atoms with E-state index in [1.54, 1.807) is 0 Å². The number of thiazole rings is 1. The zero-order valence-electron chi connectivity index (χ0n) is 13.6. The highest BCUT2D eigenvalue weighted by atomic mass is 32.1. The molecule has 1 aromatic carbocycles. The molecule has 0 saturated heterocycles. The highest BCUT2D eigenvalue weighted by Gasteiger charge is 2.30. The number of carboxylic acid groups (broad SMARTS) is 1. The van der Waals surface area contributed by atoms with E-state index in [2.05, 4.69) is 0 Å². The van der Waals surface area contributed by atoms with Gasteiger partial charge in [-0.25, -0.2) is 0 Å². The summed E-state index contributed by atoms with van der Waals surface area (Å²) in [5.74, 6) is -1.57. The molecule has 2 N–H and O–H groups in total. The van der Waals surface area contributed by atoms with Crippen molar-refractivity contribution in [2.75, 3.05) is 0 Å². The maximum Gasteiger partial charge on any atom is 0.303 e. The number of Topliss-reactive ketones (excluding diaryl/α,β-unsaturated/α-hetero) is 1. The van der Waals surface area contributed by atoms with E-state index < -0.39 is 16.7 Å². The fraction of sp³-hybridized carbons (Fsp3) is 0.188. The van der Waals surface area contributed by atoms with Crippen molar-refractivity contribution in [1.82, 2.24) is 4.57 Å². The number of nitrogens with zero attached hydrogens (tertiary/aromatic N) is 2. The number of nitro groups is 1. The molecule has 0 amide bonds. The van der Waals surface area contributed by atoms with Crippen LogP contribution in [0.25, 0.3) is 6.08 Å². The monoisotopic (exact) mass is 408 g/mol. The third-order valence-corrected chi connectivity index (χ3v) is 5.18. The quantitative estimate of drug-likeness (QED) is 0.322. The van der Waals surface area contributed by atoms with Crippen molar-refractivity contribution >= 4 is 47.1 Å². The zero-order chi connectivity index (χ0) is 19.7. The molecule has 0 radical (unpaired) electrons. The Bertz CT molecular complexity index is 1050. The van der Waals surface area contributed by atoms with Crippen LogP contribution >= 0.6 is 23.6 Å². The number of nitro benzene ring substituents is 1. The van der Waals surface area contributed by atoms with Crippen LogP contribution in [0.1, 0.15) is 28.1 Å². The van der Waals surface area contributed by atoms with Gasteiger partial charge >= 0.3 is 5.97 Å². The van der Waals surface area contributed by atoms with Gasteiger partial charge in [-0.15, -0.1) is 11.3 Å². The van der Waals surface area contributed by atoms with Crippen molar-refractivity contribution in [2.24, 2.45) is 0 Å². The standard InChI is InChI=1S/C16H12N2O7S2/c19-13(20)2-1-5-17-15(22)12(27-16(17)26)7-11-14(21)9-6-8(18(23)24)3-4-10(9)25-11/h3-4,6-7,22H,1-2,5H2,(H,19,20). The van der Waals surface area contributed by atoms with E-state index in [1.807, 2.05) is 0 Å². The van der Waals surface area contributed by atoms with Crippen molar-refractivity contribution in [3.63, 3.8) is 0 Å². The van der Waals surface area contributed by atoms with Gasteiger partial charge in [0.2, 0.25) is 11.7 Å². The number of non-ortho nitro benzene ring substituents is 1. The van der Waals surface area contributed by atoms with Crippen molar-refractivity contribution in [3.8, 4) is 11.6 Å². The summed E-state index contributed by atoms with van der Waals surface area (Å²) in [4.78, 5) is 33.6. The second kappa shape index (κ2) is 7.29. The van der Waals surface area contributed by atoms with Gasteiger partial charge < -0.3 is 14.9 Å². The highest BCUT2D eigenvalue weighted by molar-refractivity contribution is 7.73. The smallest absolute Gasteiger partial charge is 0.303 e. The number of aromatic nitrogens is 1. The number of aliphatic carboxylic acids is 1. The minimum absolute atomic E-state index is 0.0663. The van der Waals surface area contributed by atoms with E-state index in [9.17, 15) is 24.8 Å². The lowest BCUT2D eigenvalue weighted by atomic mass is 10.1.